The van der Waals surface area contributed by atoms with Crippen LogP contribution in [0.5, 0.6) is 0 Å². The van der Waals surface area contributed by atoms with Crippen LogP contribution in [0.25, 0.3) is 0 Å². The summed E-state index contributed by atoms with van der Waals surface area (Å²) in [6.07, 6.45) is 0.0452. The highest BCUT2D eigenvalue weighted by Gasteiger charge is 2.37. The Hall–Kier alpha value is 0.300. The van der Waals surface area contributed by atoms with Crippen molar-refractivity contribution >= 4 is 58.2 Å². The molecule has 0 saturated heterocycles. The van der Waals surface area contributed by atoms with Crippen LogP contribution in [0.4, 0.5) is 0 Å². The van der Waals surface area contributed by atoms with Crippen molar-refractivity contribution in [1.29, 1.82) is 0 Å². The van der Waals surface area contributed by atoms with Crippen molar-refractivity contribution in [2.24, 2.45) is 11.8 Å². The van der Waals surface area contributed by atoms with Gasteiger partial charge in [-0.15, -0.1) is 11.6 Å². The summed E-state index contributed by atoms with van der Waals surface area (Å²) in [7, 11) is 0. The third-order valence-electron chi connectivity index (χ3n) is 2.50. The highest BCUT2D eigenvalue weighted by atomic mass is 35.6. The molecule has 7 heteroatoms. The average Bonchev–Trinajstić information content (AvgIpc) is 2.14. The SMILES string of the molecule is CCOC(=O)C(C(C)=O)C(C)C(Cl)CC(Cl)(Cl)Cl. The fourth-order valence-electron chi connectivity index (χ4n) is 1.60. The second kappa shape index (κ2) is 7.78. The van der Waals surface area contributed by atoms with Gasteiger partial charge in [0.2, 0.25) is 0 Å². The van der Waals surface area contributed by atoms with Gasteiger partial charge in [-0.25, -0.2) is 0 Å². The molecule has 0 fully saturated rings. The van der Waals surface area contributed by atoms with Crippen molar-refractivity contribution in [3.05, 3.63) is 0 Å². The van der Waals surface area contributed by atoms with Crippen LogP contribution >= 0.6 is 46.4 Å². The van der Waals surface area contributed by atoms with Gasteiger partial charge in [0.25, 0.3) is 0 Å². The van der Waals surface area contributed by atoms with E-state index in [1.807, 2.05) is 0 Å². The number of ether oxygens (including phenoxy) is 1. The predicted octanol–water partition coefficient (Wildman–Crippen LogP) is 3.76. The Kier molecular flexibility index (Phi) is 7.91. The Morgan fingerprint density at radius 2 is 1.78 bits per heavy atom. The zero-order chi connectivity index (χ0) is 14.5. The van der Waals surface area contributed by atoms with E-state index in [-0.39, 0.29) is 18.8 Å². The van der Waals surface area contributed by atoms with E-state index in [2.05, 4.69) is 0 Å². The van der Waals surface area contributed by atoms with Gasteiger partial charge in [-0.1, -0.05) is 41.7 Å². The molecule has 0 aromatic carbocycles. The fourth-order valence-corrected chi connectivity index (χ4v) is 2.71. The quantitative estimate of drug-likeness (QED) is 0.421. The molecular formula is C11H16Cl4O3. The Morgan fingerprint density at radius 3 is 2.11 bits per heavy atom. The number of halogens is 4. The van der Waals surface area contributed by atoms with Gasteiger partial charge in [0.1, 0.15) is 11.7 Å². The molecule has 106 valence electrons. The third-order valence-corrected chi connectivity index (χ3v) is 3.52. The smallest absolute Gasteiger partial charge is 0.316 e. The van der Waals surface area contributed by atoms with Crippen LogP contribution in [-0.2, 0) is 14.3 Å². The molecule has 0 amide bonds. The topological polar surface area (TPSA) is 43.4 Å². The molecule has 0 spiro atoms. The molecule has 3 unspecified atom stereocenters. The largest absolute Gasteiger partial charge is 0.465 e. The van der Waals surface area contributed by atoms with E-state index >= 15 is 0 Å². The molecule has 18 heavy (non-hydrogen) atoms. The number of carbonyl (C=O) groups is 2. The van der Waals surface area contributed by atoms with Crippen molar-refractivity contribution < 1.29 is 14.3 Å². The number of carbonyl (C=O) groups excluding carboxylic acids is 2. The average molecular weight is 338 g/mol. The Labute approximate surface area is 127 Å². The van der Waals surface area contributed by atoms with Crippen molar-refractivity contribution in [1.82, 2.24) is 0 Å². The van der Waals surface area contributed by atoms with Crippen LogP contribution in [0, 0.1) is 11.8 Å². The van der Waals surface area contributed by atoms with E-state index in [0.29, 0.717) is 0 Å². The number of hydrogen-bond acceptors (Lipinski definition) is 3. The lowest BCUT2D eigenvalue weighted by molar-refractivity contribution is -0.153. The molecule has 3 atom stereocenters. The van der Waals surface area contributed by atoms with E-state index in [1.165, 1.54) is 6.92 Å². The van der Waals surface area contributed by atoms with E-state index in [9.17, 15) is 9.59 Å². The van der Waals surface area contributed by atoms with Crippen LogP contribution in [0.15, 0.2) is 0 Å². The van der Waals surface area contributed by atoms with Gasteiger partial charge in [0.05, 0.1) is 6.61 Å². The van der Waals surface area contributed by atoms with E-state index in [4.69, 9.17) is 51.1 Å². The number of rotatable bonds is 6. The lowest BCUT2D eigenvalue weighted by Crippen LogP contribution is -2.36. The molecular weight excluding hydrogens is 322 g/mol. The molecule has 0 aromatic rings. The predicted molar refractivity (Wildman–Crippen MR) is 74.5 cm³/mol. The molecule has 0 aromatic heterocycles. The highest BCUT2D eigenvalue weighted by Crippen LogP contribution is 2.37. The number of Topliss-reactive ketones (excluding diaryl/α,β-unsaturated/α-hetero) is 1. The summed E-state index contributed by atoms with van der Waals surface area (Å²) >= 11 is 23.0. The standard InChI is InChI=1S/C11H16Cl4O3/c1-4-18-10(17)9(7(3)16)6(2)8(12)5-11(13,14)15/h6,8-9H,4-5H2,1-3H3. The van der Waals surface area contributed by atoms with Gasteiger partial charge in [-0.3, -0.25) is 9.59 Å². The van der Waals surface area contributed by atoms with E-state index < -0.39 is 27.0 Å². The molecule has 0 bridgehead atoms. The third kappa shape index (κ3) is 6.46. The highest BCUT2D eigenvalue weighted by molar-refractivity contribution is 6.67. The van der Waals surface area contributed by atoms with Gasteiger partial charge in [0, 0.05) is 11.8 Å². The molecule has 0 aliphatic heterocycles. The maximum atomic E-state index is 11.7. The minimum atomic E-state index is -1.52. The van der Waals surface area contributed by atoms with Crippen molar-refractivity contribution in [3.63, 3.8) is 0 Å². The summed E-state index contributed by atoms with van der Waals surface area (Å²) in [4.78, 5) is 23.2. The zero-order valence-corrected chi connectivity index (χ0v) is 13.4. The van der Waals surface area contributed by atoms with Crippen LogP contribution in [0.3, 0.4) is 0 Å². The Balaban J connectivity index is 4.81. The number of ketones is 1. The molecule has 0 aliphatic carbocycles. The maximum Gasteiger partial charge on any atom is 0.316 e. The first-order valence-corrected chi connectivity index (χ1v) is 7.05. The minimum Gasteiger partial charge on any atom is -0.465 e. The number of hydrogen-bond donors (Lipinski definition) is 0. The Morgan fingerprint density at radius 1 is 1.28 bits per heavy atom. The lowest BCUT2D eigenvalue weighted by Gasteiger charge is -2.26. The normalized spacial score (nSPS) is 16.8. The van der Waals surface area contributed by atoms with Crippen molar-refractivity contribution in [3.8, 4) is 0 Å². The van der Waals surface area contributed by atoms with Crippen LogP contribution < -0.4 is 0 Å². The summed E-state index contributed by atoms with van der Waals surface area (Å²) in [5.74, 6) is -2.30. The molecule has 0 rings (SSSR count). The summed E-state index contributed by atoms with van der Waals surface area (Å²) in [5.41, 5.74) is 0. The molecule has 0 radical (unpaired) electrons. The number of alkyl halides is 4. The van der Waals surface area contributed by atoms with E-state index in [0.717, 1.165) is 0 Å². The summed E-state index contributed by atoms with van der Waals surface area (Å²) < 4.78 is 3.33. The molecule has 0 aliphatic rings. The first-order chi connectivity index (χ1) is 8.10. The Bertz CT molecular complexity index is 301. The fraction of sp³-hybridized carbons (Fsp3) is 0.818. The maximum absolute atomic E-state index is 11.7. The van der Waals surface area contributed by atoms with Crippen molar-refractivity contribution in [2.75, 3.05) is 6.61 Å². The lowest BCUT2D eigenvalue weighted by atomic mass is 9.87. The van der Waals surface area contributed by atoms with Crippen LogP contribution in [-0.4, -0.2) is 27.5 Å². The van der Waals surface area contributed by atoms with E-state index in [1.54, 1.807) is 13.8 Å². The first-order valence-electron chi connectivity index (χ1n) is 5.48. The summed E-state index contributed by atoms with van der Waals surface area (Å²) in [5, 5.41) is -0.615. The second-order valence-corrected chi connectivity index (χ2v) is 7.11. The first kappa shape index (κ1) is 18.3. The van der Waals surface area contributed by atoms with Gasteiger partial charge in [-0.05, 0) is 19.8 Å². The molecule has 0 N–H and O–H groups in total. The summed E-state index contributed by atoms with van der Waals surface area (Å²) in [6, 6.07) is 0. The van der Waals surface area contributed by atoms with Crippen LogP contribution in [0.2, 0.25) is 0 Å². The van der Waals surface area contributed by atoms with Gasteiger partial charge >= 0.3 is 5.97 Å². The van der Waals surface area contributed by atoms with Gasteiger partial charge < -0.3 is 4.74 Å². The number of esters is 1. The molecule has 3 nitrogen and oxygen atoms in total. The monoisotopic (exact) mass is 336 g/mol. The molecule has 0 heterocycles. The summed E-state index contributed by atoms with van der Waals surface area (Å²) in [6.45, 7) is 4.85. The van der Waals surface area contributed by atoms with Gasteiger partial charge in [0.15, 0.2) is 3.79 Å². The molecule has 0 saturated carbocycles. The zero-order valence-electron chi connectivity index (χ0n) is 10.4. The van der Waals surface area contributed by atoms with Crippen molar-refractivity contribution in [2.45, 2.75) is 36.4 Å². The van der Waals surface area contributed by atoms with Gasteiger partial charge in [-0.2, -0.15) is 0 Å². The minimum absolute atomic E-state index is 0.0452. The van der Waals surface area contributed by atoms with Crippen LogP contribution in [0.1, 0.15) is 27.2 Å². The second-order valence-electron chi connectivity index (χ2n) is 4.03.